The molecule has 2 aromatic carbocycles. The Labute approximate surface area is 210 Å². The van der Waals surface area contributed by atoms with E-state index in [0.717, 1.165) is 69.7 Å². The highest BCUT2D eigenvalue weighted by atomic mass is 32.2. The van der Waals surface area contributed by atoms with E-state index in [-0.39, 0.29) is 4.90 Å². The highest BCUT2D eigenvalue weighted by Crippen LogP contribution is 2.30. The molecule has 35 heavy (non-hydrogen) atoms. The third-order valence-corrected chi connectivity index (χ3v) is 8.00. The zero-order valence-electron chi connectivity index (χ0n) is 21.3. The number of likely N-dealkylation sites (tertiary alicyclic amines) is 1. The predicted molar refractivity (Wildman–Crippen MR) is 139 cm³/mol. The van der Waals surface area contributed by atoms with Crippen molar-refractivity contribution in [3.63, 3.8) is 0 Å². The molecule has 0 bridgehead atoms. The molecule has 8 heteroatoms. The Morgan fingerprint density at radius 1 is 0.971 bits per heavy atom. The van der Waals surface area contributed by atoms with Crippen LogP contribution < -0.4 is 18.9 Å². The Bertz CT molecular complexity index is 1000. The third kappa shape index (κ3) is 8.40. The molecule has 194 valence electrons. The number of nitrogens with one attached hydrogen (secondary N) is 1. The summed E-state index contributed by atoms with van der Waals surface area (Å²) in [7, 11) is -0.183. The fourth-order valence-electron chi connectivity index (χ4n) is 4.40. The summed E-state index contributed by atoms with van der Waals surface area (Å²) < 4.78 is 44.2. The van der Waals surface area contributed by atoms with Crippen molar-refractivity contribution in [2.45, 2.75) is 50.3 Å². The van der Waals surface area contributed by atoms with E-state index in [1.807, 2.05) is 6.07 Å². The van der Waals surface area contributed by atoms with Crippen molar-refractivity contribution in [1.82, 2.24) is 9.62 Å². The summed E-state index contributed by atoms with van der Waals surface area (Å²) in [4.78, 5) is 2.71. The zero-order valence-corrected chi connectivity index (χ0v) is 22.1. The summed E-state index contributed by atoms with van der Waals surface area (Å²) in [6.07, 6.45) is 6.17. The van der Waals surface area contributed by atoms with Gasteiger partial charge in [0.15, 0.2) is 11.5 Å². The molecule has 0 spiro atoms. The van der Waals surface area contributed by atoms with Gasteiger partial charge in [0.25, 0.3) is 0 Å². The fraction of sp³-hybridized carbons (Fsp3) is 0.556. The fourth-order valence-corrected chi connectivity index (χ4v) is 5.47. The lowest BCUT2D eigenvalue weighted by molar-refractivity contribution is 0.183. The molecule has 0 amide bonds. The molecule has 0 aromatic heterocycles. The maximum Gasteiger partial charge on any atom is 0.240 e. The van der Waals surface area contributed by atoms with Gasteiger partial charge in [-0.2, -0.15) is 0 Å². The molecular weight excluding hydrogens is 464 g/mol. The maximum atomic E-state index is 12.6. The Morgan fingerprint density at radius 2 is 1.69 bits per heavy atom. The number of nitrogens with zero attached hydrogens (tertiary/aromatic N) is 1. The summed E-state index contributed by atoms with van der Waals surface area (Å²) in [6.45, 7) is 6.18. The highest BCUT2D eigenvalue weighted by Gasteiger charge is 2.20. The van der Waals surface area contributed by atoms with E-state index in [4.69, 9.17) is 14.2 Å². The smallest absolute Gasteiger partial charge is 0.240 e. The third-order valence-electron chi connectivity index (χ3n) is 6.52. The zero-order chi connectivity index (χ0) is 25.1. The van der Waals surface area contributed by atoms with Crippen LogP contribution in [0.4, 0.5) is 0 Å². The molecule has 2 aromatic rings. The van der Waals surface area contributed by atoms with Crippen molar-refractivity contribution < 1.29 is 22.6 Å². The second kappa shape index (κ2) is 13.7. The summed E-state index contributed by atoms with van der Waals surface area (Å²) in [5.41, 5.74) is 1.27. The molecule has 1 heterocycles. The first kappa shape index (κ1) is 27.3. The Kier molecular flexibility index (Phi) is 10.7. The van der Waals surface area contributed by atoms with Crippen LogP contribution in [0, 0.1) is 5.92 Å². The average Bonchev–Trinajstić information content (AvgIpc) is 2.88. The molecule has 3 rings (SSSR count). The van der Waals surface area contributed by atoms with Gasteiger partial charge in [0.1, 0.15) is 5.75 Å². The quantitative estimate of drug-likeness (QED) is 0.382. The summed E-state index contributed by atoms with van der Waals surface area (Å²) in [5.74, 6) is 2.89. The van der Waals surface area contributed by atoms with Gasteiger partial charge in [-0.05, 0) is 99.6 Å². The van der Waals surface area contributed by atoms with Gasteiger partial charge in [-0.15, -0.1) is 0 Å². The number of hydrogen-bond donors (Lipinski definition) is 1. The van der Waals surface area contributed by atoms with Crippen LogP contribution in [0.1, 0.15) is 44.6 Å². The number of benzene rings is 2. The largest absolute Gasteiger partial charge is 0.494 e. The van der Waals surface area contributed by atoms with Crippen molar-refractivity contribution in [3.8, 4) is 17.2 Å². The van der Waals surface area contributed by atoms with Gasteiger partial charge in [-0.25, -0.2) is 13.1 Å². The van der Waals surface area contributed by atoms with Gasteiger partial charge in [-0.1, -0.05) is 19.4 Å². The lowest BCUT2D eigenvalue weighted by Gasteiger charge is -2.32. The summed E-state index contributed by atoms with van der Waals surface area (Å²) in [6, 6.07) is 12.8. The van der Waals surface area contributed by atoms with Crippen LogP contribution in [0.3, 0.4) is 0 Å². The van der Waals surface area contributed by atoms with Crippen LogP contribution >= 0.6 is 0 Å². The number of unbranched alkanes of at least 4 members (excludes halogenated alkanes) is 1. The molecule has 0 radical (unpaired) electrons. The molecule has 0 aliphatic carbocycles. The van der Waals surface area contributed by atoms with Gasteiger partial charge in [0.05, 0.1) is 25.7 Å². The van der Waals surface area contributed by atoms with E-state index in [0.29, 0.717) is 24.8 Å². The minimum absolute atomic E-state index is 0.274. The molecule has 0 saturated carbocycles. The number of hydrogen-bond acceptors (Lipinski definition) is 6. The van der Waals surface area contributed by atoms with Crippen LogP contribution in [0.15, 0.2) is 47.4 Å². The van der Waals surface area contributed by atoms with E-state index in [9.17, 15) is 8.42 Å². The molecule has 1 aliphatic heterocycles. The van der Waals surface area contributed by atoms with Crippen LogP contribution in [-0.2, 0) is 16.4 Å². The SMILES string of the molecule is CCCCOc1ccc(S(=O)(=O)NCCCN2CCC(Cc3ccc(OC)c(OC)c3)CC2)cc1. The van der Waals surface area contributed by atoms with Crippen LogP contribution in [-0.4, -0.2) is 60.3 Å². The first-order chi connectivity index (χ1) is 16.9. The Balaban J connectivity index is 1.36. The summed E-state index contributed by atoms with van der Waals surface area (Å²) >= 11 is 0. The molecule has 7 nitrogen and oxygen atoms in total. The van der Waals surface area contributed by atoms with E-state index in [2.05, 4.69) is 28.7 Å². The van der Waals surface area contributed by atoms with Gasteiger partial charge in [-0.3, -0.25) is 0 Å². The lowest BCUT2D eigenvalue weighted by atomic mass is 9.90. The Hall–Kier alpha value is -2.29. The first-order valence-electron chi connectivity index (χ1n) is 12.6. The Morgan fingerprint density at radius 3 is 2.34 bits per heavy atom. The number of piperidine rings is 1. The van der Waals surface area contributed by atoms with Crippen molar-refractivity contribution in [2.24, 2.45) is 5.92 Å². The normalized spacial score (nSPS) is 15.2. The van der Waals surface area contributed by atoms with Gasteiger partial charge < -0.3 is 19.1 Å². The molecule has 1 N–H and O–H groups in total. The molecule has 1 fully saturated rings. The summed E-state index contributed by atoms with van der Waals surface area (Å²) in [5, 5.41) is 0. The van der Waals surface area contributed by atoms with Crippen molar-refractivity contribution in [1.29, 1.82) is 0 Å². The average molecular weight is 505 g/mol. The standard InChI is InChI=1S/C27H40N2O5S/c1-4-5-19-34-24-8-10-25(11-9-24)35(30,31)28-15-6-16-29-17-13-22(14-18-29)20-23-7-12-26(32-2)27(21-23)33-3/h7-12,21-22,28H,4-6,13-20H2,1-3H3. The van der Waals surface area contributed by atoms with Crippen LogP contribution in [0.5, 0.6) is 17.2 Å². The first-order valence-corrected chi connectivity index (χ1v) is 14.1. The second-order valence-corrected chi connectivity index (χ2v) is 10.9. The second-order valence-electron chi connectivity index (χ2n) is 9.10. The number of sulfonamides is 1. The van der Waals surface area contributed by atoms with Crippen LogP contribution in [0.25, 0.3) is 0 Å². The monoisotopic (exact) mass is 504 g/mol. The topological polar surface area (TPSA) is 77.1 Å². The predicted octanol–water partition coefficient (Wildman–Crippen LogP) is 4.51. The lowest BCUT2D eigenvalue weighted by Crippen LogP contribution is -2.36. The molecule has 1 saturated heterocycles. The molecule has 0 atom stereocenters. The minimum atomic E-state index is -3.50. The van der Waals surface area contributed by atoms with E-state index >= 15 is 0 Å². The van der Waals surface area contributed by atoms with Gasteiger partial charge in [0, 0.05) is 6.54 Å². The van der Waals surface area contributed by atoms with E-state index in [1.165, 1.54) is 5.56 Å². The minimum Gasteiger partial charge on any atom is -0.494 e. The number of ether oxygens (including phenoxy) is 3. The molecule has 1 aliphatic rings. The van der Waals surface area contributed by atoms with Crippen molar-refractivity contribution in [3.05, 3.63) is 48.0 Å². The van der Waals surface area contributed by atoms with Crippen molar-refractivity contribution >= 4 is 10.0 Å². The molecular formula is C27H40N2O5S. The molecule has 0 unspecified atom stereocenters. The van der Waals surface area contributed by atoms with Gasteiger partial charge >= 0.3 is 0 Å². The van der Waals surface area contributed by atoms with Crippen molar-refractivity contribution in [2.75, 3.05) is 47.0 Å². The van der Waals surface area contributed by atoms with E-state index in [1.54, 1.807) is 38.5 Å². The number of methoxy groups -OCH3 is 2. The highest BCUT2D eigenvalue weighted by molar-refractivity contribution is 7.89. The van der Waals surface area contributed by atoms with E-state index < -0.39 is 10.0 Å². The number of rotatable bonds is 14. The maximum absolute atomic E-state index is 12.6. The van der Waals surface area contributed by atoms with Crippen LogP contribution in [0.2, 0.25) is 0 Å². The van der Waals surface area contributed by atoms with Gasteiger partial charge in [0.2, 0.25) is 10.0 Å².